The molecule has 96 valence electrons. The lowest BCUT2D eigenvalue weighted by atomic mass is 9.60. The Morgan fingerprint density at radius 3 is 2.53 bits per heavy atom. The highest BCUT2D eigenvalue weighted by Gasteiger charge is 2.64. The summed E-state index contributed by atoms with van der Waals surface area (Å²) in [5.74, 6) is 1.72. The van der Waals surface area contributed by atoms with Crippen LogP contribution in [-0.4, -0.2) is 17.5 Å². The van der Waals surface area contributed by atoms with Crippen molar-refractivity contribution in [2.75, 3.05) is 6.61 Å². The SMILES string of the molecule is C[C@]1(CO)C[C@H]2C[C@]3(C)CC[C@@](C)(C3=O)[C@H]2C1. The second-order valence-corrected chi connectivity index (χ2v) is 7.75. The van der Waals surface area contributed by atoms with Crippen molar-refractivity contribution in [3.63, 3.8) is 0 Å². The molecule has 0 aromatic carbocycles. The van der Waals surface area contributed by atoms with Gasteiger partial charge in [0.1, 0.15) is 5.78 Å². The normalized spacial score (nSPS) is 57.3. The number of ketones is 1. The summed E-state index contributed by atoms with van der Waals surface area (Å²) in [6.45, 7) is 6.84. The zero-order chi connectivity index (χ0) is 12.5. The number of carbonyl (C=O) groups is 1. The fourth-order valence-corrected chi connectivity index (χ4v) is 5.22. The van der Waals surface area contributed by atoms with E-state index in [0.717, 1.165) is 32.1 Å². The number of hydrogen-bond donors (Lipinski definition) is 1. The highest BCUT2D eigenvalue weighted by atomic mass is 16.3. The quantitative estimate of drug-likeness (QED) is 0.760. The zero-order valence-corrected chi connectivity index (χ0v) is 11.3. The monoisotopic (exact) mass is 236 g/mol. The Hall–Kier alpha value is -0.370. The third-order valence-corrected chi connectivity index (χ3v) is 6.21. The van der Waals surface area contributed by atoms with Crippen molar-refractivity contribution >= 4 is 5.78 Å². The molecule has 0 amide bonds. The molecule has 0 aliphatic heterocycles. The van der Waals surface area contributed by atoms with Crippen LogP contribution in [0.4, 0.5) is 0 Å². The fourth-order valence-electron chi connectivity index (χ4n) is 5.22. The lowest BCUT2D eigenvalue weighted by molar-refractivity contribution is -0.141. The highest BCUT2D eigenvalue weighted by Crippen LogP contribution is 2.66. The van der Waals surface area contributed by atoms with Crippen LogP contribution in [0.25, 0.3) is 0 Å². The van der Waals surface area contributed by atoms with Gasteiger partial charge in [-0.3, -0.25) is 4.79 Å². The van der Waals surface area contributed by atoms with Crippen LogP contribution in [0.15, 0.2) is 0 Å². The van der Waals surface area contributed by atoms with Crippen molar-refractivity contribution in [1.82, 2.24) is 0 Å². The van der Waals surface area contributed by atoms with Crippen LogP contribution in [-0.2, 0) is 4.79 Å². The molecule has 0 spiro atoms. The molecular formula is C15H24O2. The first kappa shape index (κ1) is 11.7. The summed E-state index contributed by atoms with van der Waals surface area (Å²) in [5.41, 5.74) is -0.0549. The Bertz CT molecular complexity index is 377. The van der Waals surface area contributed by atoms with Gasteiger partial charge in [0, 0.05) is 17.4 Å². The summed E-state index contributed by atoms with van der Waals surface area (Å²) in [5, 5.41) is 9.57. The van der Waals surface area contributed by atoms with Gasteiger partial charge in [-0.05, 0) is 49.4 Å². The third-order valence-electron chi connectivity index (χ3n) is 6.21. The molecule has 0 unspecified atom stereocenters. The van der Waals surface area contributed by atoms with Crippen LogP contribution < -0.4 is 0 Å². The number of hydrogen-bond acceptors (Lipinski definition) is 2. The summed E-state index contributed by atoms with van der Waals surface area (Å²) in [6, 6.07) is 0. The number of fused-ring (bicyclic) bond motifs is 4. The van der Waals surface area contributed by atoms with Gasteiger partial charge in [-0.25, -0.2) is 0 Å². The summed E-state index contributed by atoms with van der Waals surface area (Å²) in [6.07, 6.45) is 5.40. The van der Waals surface area contributed by atoms with Gasteiger partial charge in [0.25, 0.3) is 0 Å². The van der Waals surface area contributed by atoms with Crippen LogP contribution in [0.3, 0.4) is 0 Å². The van der Waals surface area contributed by atoms with Crippen molar-refractivity contribution in [2.45, 2.75) is 52.9 Å². The standard InChI is InChI=1S/C15H24O2/c1-13(9-16)6-10-7-14(2)4-5-15(3,12(14)17)11(10)8-13/h10-11,16H,4-9H2,1-3H3/t10-,11-,13-,14-,15+/m0/s1. The lowest BCUT2D eigenvalue weighted by Crippen LogP contribution is -2.45. The van der Waals surface area contributed by atoms with Gasteiger partial charge in [0.2, 0.25) is 0 Å². The number of aliphatic hydroxyl groups is 1. The molecule has 17 heavy (non-hydrogen) atoms. The molecule has 2 nitrogen and oxygen atoms in total. The minimum absolute atomic E-state index is 0.0450. The van der Waals surface area contributed by atoms with Gasteiger partial charge in [0.15, 0.2) is 0 Å². The molecule has 1 N–H and O–H groups in total. The molecule has 5 atom stereocenters. The number of aliphatic hydroxyl groups excluding tert-OH is 1. The maximum Gasteiger partial charge on any atom is 0.144 e. The molecule has 3 rings (SSSR count). The molecule has 3 aliphatic carbocycles. The van der Waals surface area contributed by atoms with Crippen LogP contribution in [0.1, 0.15) is 52.9 Å². The lowest BCUT2D eigenvalue weighted by Gasteiger charge is -2.42. The van der Waals surface area contributed by atoms with E-state index in [1.807, 2.05) is 0 Å². The first-order valence-electron chi connectivity index (χ1n) is 6.99. The maximum absolute atomic E-state index is 12.6. The summed E-state index contributed by atoms with van der Waals surface area (Å²) >= 11 is 0. The average Bonchev–Trinajstić information content (AvgIpc) is 2.69. The van der Waals surface area contributed by atoms with Gasteiger partial charge in [-0.2, -0.15) is 0 Å². The predicted molar refractivity (Wildman–Crippen MR) is 66.5 cm³/mol. The first-order chi connectivity index (χ1) is 7.83. The Kier molecular flexibility index (Phi) is 2.16. The Balaban J connectivity index is 1.98. The number of rotatable bonds is 1. The Morgan fingerprint density at radius 1 is 1.18 bits per heavy atom. The number of Topliss-reactive ketones (excluding diaryl/α,β-unsaturated/α-hetero) is 1. The van der Waals surface area contributed by atoms with E-state index in [1.54, 1.807) is 0 Å². The van der Waals surface area contributed by atoms with E-state index in [1.165, 1.54) is 0 Å². The van der Waals surface area contributed by atoms with Gasteiger partial charge < -0.3 is 5.11 Å². The average molecular weight is 236 g/mol. The summed E-state index contributed by atoms with van der Waals surface area (Å²) in [4.78, 5) is 12.6. The van der Waals surface area contributed by atoms with E-state index < -0.39 is 0 Å². The van der Waals surface area contributed by atoms with Crippen LogP contribution in [0.5, 0.6) is 0 Å². The molecule has 0 aromatic heterocycles. The van der Waals surface area contributed by atoms with Gasteiger partial charge >= 0.3 is 0 Å². The van der Waals surface area contributed by atoms with E-state index in [4.69, 9.17) is 0 Å². The van der Waals surface area contributed by atoms with Crippen molar-refractivity contribution in [2.24, 2.45) is 28.1 Å². The van der Waals surface area contributed by atoms with Crippen molar-refractivity contribution in [3.05, 3.63) is 0 Å². The van der Waals surface area contributed by atoms with Gasteiger partial charge in [-0.15, -0.1) is 0 Å². The van der Waals surface area contributed by atoms with E-state index in [-0.39, 0.29) is 22.9 Å². The van der Waals surface area contributed by atoms with Gasteiger partial charge in [0.05, 0.1) is 0 Å². The second-order valence-electron chi connectivity index (χ2n) is 7.75. The molecular weight excluding hydrogens is 212 g/mol. The predicted octanol–water partition coefficient (Wildman–Crippen LogP) is 2.79. The molecule has 2 heteroatoms. The Morgan fingerprint density at radius 2 is 1.88 bits per heavy atom. The van der Waals surface area contributed by atoms with E-state index >= 15 is 0 Å². The molecule has 0 heterocycles. The second kappa shape index (κ2) is 3.14. The first-order valence-corrected chi connectivity index (χ1v) is 6.99. The van der Waals surface area contributed by atoms with Crippen molar-refractivity contribution in [3.8, 4) is 0 Å². The minimum Gasteiger partial charge on any atom is -0.396 e. The largest absolute Gasteiger partial charge is 0.396 e. The van der Waals surface area contributed by atoms with Crippen molar-refractivity contribution in [1.29, 1.82) is 0 Å². The zero-order valence-electron chi connectivity index (χ0n) is 11.3. The maximum atomic E-state index is 12.6. The third kappa shape index (κ3) is 1.34. The molecule has 3 fully saturated rings. The summed E-state index contributed by atoms with van der Waals surface area (Å²) in [7, 11) is 0. The molecule has 3 saturated carbocycles. The van der Waals surface area contributed by atoms with E-state index in [0.29, 0.717) is 17.6 Å². The van der Waals surface area contributed by atoms with Crippen LogP contribution >= 0.6 is 0 Å². The topological polar surface area (TPSA) is 37.3 Å². The molecule has 0 radical (unpaired) electrons. The van der Waals surface area contributed by atoms with Crippen LogP contribution in [0.2, 0.25) is 0 Å². The highest BCUT2D eigenvalue weighted by molar-refractivity contribution is 5.93. The summed E-state index contributed by atoms with van der Waals surface area (Å²) < 4.78 is 0. The van der Waals surface area contributed by atoms with E-state index in [2.05, 4.69) is 20.8 Å². The Labute approximate surface area is 104 Å². The molecule has 0 saturated heterocycles. The fraction of sp³-hybridized carbons (Fsp3) is 0.933. The molecule has 2 bridgehead atoms. The van der Waals surface area contributed by atoms with Crippen LogP contribution in [0, 0.1) is 28.1 Å². The number of carbonyl (C=O) groups excluding carboxylic acids is 1. The smallest absolute Gasteiger partial charge is 0.144 e. The van der Waals surface area contributed by atoms with Crippen molar-refractivity contribution < 1.29 is 9.90 Å². The van der Waals surface area contributed by atoms with Gasteiger partial charge in [-0.1, -0.05) is 20.8 Å². The minimum atomic E-state index is -0.0788. The molecule has 3 aliphatic rings. The van der Waals surface area contributed by atoms with E-state index in [9.17, 15) is 9.90 Å². The molecule has 0 aromatic rings.